The van der Waals surface area contributed by atoms with Crippen molar-refractivity contribution in [3.63, 3.8) is 0 Å². The zero-order valence-corrected chi connectivity index (χ0v) is 11.8. The van der Waals surface area contributed by atoms with Crippen LogP contribution in [0, 0.1) is 11.8 Å². The van der Waals surface area contributed by atoms with Crippen molar-refractivity contribution in [2.24, 2.45) is 11.8 Å². The van der Waals surface area contributed by atoms with Gasteiger partial charge in [0.05, 0.1) is 24.0 Å². The molecule has 1 fully saturated rings. The lowest BCUT2D eigenvalue weighted by atomic mass is 9.91. The predicted octanol–water partition coefficient (Wildman–Crippen LogP) is 2.54. The van der Waals surface area contributed by atoms with Crippen LogP contribution in [0.25, 0.3) is 0 Å². The minimum Gasteiger partial charge on any atom is -0.465 e. The Morgan fingerprint density at radius 3 is 2.53 bits per heavy atom. The fourth-order valence-electron chi connectivity index (χ4n) is 3.03. The third-order valence-electron chi connectivity index (χ3n) is 3.66. The van der Waals surface area contributed by atoms with Crippen molar-refractivity contribution in [2.45, 2.75) is 20.3 Å². The number of nitrogen functional groups attached to an aromatic ring is 1. The predicted molar refractivity (Wildman–Crippen MR) is 77.4 cm³/mol. The van der Waals surface area contributed by atoms with E-state index in [0.29, 0.717) is 23.1 Å². The van der Waals surface area contributed by atoms with Crippen LogP contribution in [0.1, 0.15) is 30.6 Å². The smallest absolute Gasteiger partial charge is 0.340 e. The van der Waals surface area contributed by atoms with E-state index in [2.05, 4.69) is 18.7 Å². The van der Waals surface area contributed by atoms with Crippen molar-refractivity contribution < 1.29 is 9.53 Å². The van der Waals surface area contributed by atoms with Gasteiger partial charge in [-0.3, -0.25) is 0 Å². The average molecular weight is 262 g/mol. The van der Waals surface area contributed by atoms with Crippen LogP contribution in [0.5, 0.6) is 0 Å². The van der Waals surface area contributed by atoms with Gasteiger partial charge in [-0.15, -0.1) is 0 Å². The summed E-state index contributed by atoms with van der Waals surface area (Å²) < 4.78 is 4.86. The zero-order valence-electron chi connectivity index (χ0n) is 11.8. The van der Waals surface area contributed by atoms with Gasteiger partial charge in [-0.1, -0.05) is 19.9 Å². The number of ether oxygens (including phenoxy) is 1. The Hall–Kier alpha value is -1.71. The van der Waals surface area contributed by atoms with E-state index < -0.39 is 0 Å². The SMILES string of the molecule is COC(=O)c1cccc(N)c1N1CC(C)CC(C)C1. The molecule has 0 spiro atoms. The topological polar surface area (TPSA) is 55.6 Å². The number of hydrogen-bond acceptors (Lipinski definition) is 4. The molecule has 0 aromatic heterocycles. The summed E-state index contributed by atoms with van der Waals surface area (Å²) in [7, 11) is 1.40. The first-order chi connectivity index (χ1) is 9.02. The molecule has 2 unspecified atom stereocenters. The Bertz CT molecular complexity index is 463. The van der Waals surface area contributed by atoms with Gasteiger partial charge in [0.15, 0.2) is 0 Å². The molecule has 1 heterocycles. The molecule has 2 N–H and O–H groups in total. The van der Waals surface area contributed by atoms with Gasteiger partial charge in [0.2, 0.25) is 0 Å². The Balaban J connectivity index is 2.40. The minimum absolute atomic E-state index is 0.326. The van der Waals surface area contributed by atoms with Crippen molar-refractivity contribution >= 4 is 17.3 Å². The Kier molecular flexibility index (Phi) is 3.98. The van der Waals surface area contributed by atoms with Crippen LogP contribution in [0.2, 0.25) is 0 Å². The molecule has 1 aliphatic heterocycles. The number of anilines is 2. The second-order valence-electron chi connectivity index (χ2n) is 5.59. The van der Waals surface area contributed by atoms with Crippen molar-refractivity contribution in [1.29, 1.82) is 0 Å². The monoisotopic (exact) mass is 262 g/mol. The molecule has 0 amide bonds. The van der Waals surface area contributed by atoms with Crippen molar-refractivity contribution in [1.82, 2.24) is 0 Å². The van der Waals surface area contributed by atoms with Crippen LogP contribution < -0.4 is 10.6 Å². The molecule has 0 radical (unpaired) electrons. The molecule has 1 aliphatic rings. The van der Waals surface area contributed by atoms with Gasteiger partial charge >= 0.3 is 5.97 Å². The number of hydrogen-bond donors (Lipinski definition) is 1. The van der Waals surface area contributed by atoms with Crippen LogP contribution in [0.15, 0.2) is 18.2 Å². The maximum Gasteiger partial charge on any atom is 0.340 e. The van der Waals surface area contributed by atoms with Crippen molar-refractivity contribution in [3.8, 4) is 0 Å². The maximum atomic E-state index is 11.9. The first-order valence-corrected chi connectivity index (χ1v) is 6.74. The lowest BCUT2D eigenvalue weighted by molar-refractivity contribution is 0.0601. The zero-order chi connectivity index (χ0) is 14.0. The van der Waals surface area contributed by atoms with E-state index in [1.807, 2.05) is 6.07 Å². The number of carbonyl (C=O) groups excluding carboxylic acids is 1. The highest BCUT2D eigenvalue weighted by Gasteiger charge is 2.26. The maximum absolute atomic E-state index is 11.9. The number of nitrogens with zero attached hydrogens (tertiary/aromatic N) is 1. The third kappa shape index (κ3) is 2.83. The Morgan fingerprint density at radius 1 is 1.32 bits per heavy atom. The number of carbonyl (C=O) groups is 1. The molecule has 0 aliphatic carbocycles. The molecule has 4 nitrogen and oxygen atoms in total. The van der Waals surface area contributed by atoms with Gasteiger partial charge in [0.1, 0.15) is 0 Å². The summed E-state index contributed by atoms with van der Waals surface area (Å²) in [5.41, 5.74) is 8.11. The first-order valence-electron chi connectivity index (χ1n) is 6.74. The minimum atomic E-state index is -0.326. The molecule has 0 saturated carbocycles. The van der Waals surface area contributed by atoms with Crippen molar-refractivity contribution in [3.05, 3.63) is 23.8 Å². The molecule has 0 bridgehead atoms. The second kappa shape index (κ2) is 5.51. The molecular formula is C15H22N2O2. The van der Waals surface area contributed by atoms with Crippen LogP contribution >= 0.6 is 0 Å². The average Bonchev–Trinajstić information content (AvgIpc) is 2.36. The molecule has 1 saturated heterocycles. The van der Waals surface area contributed by atoms with E-state index in [-0.39, 0.29) is 5.97 Å². The van der Waals surface area contributed by atoms with E-state index in [1.165, 1.54) is 13.5 Å². The molecule has 4 heteroatoms. The van der Waals surface area contributed by atoms with E-state index in [9.17, 15) is 4.79 Å². The number of benzene rings is 1. The Morgan fingerprint density at radius 2 is 1.95 bits per heavy atom. The number of methoxy groups -OCH3 is 1. The molecule has 2 atom stereocenters. The van der Waals surface area contributed by atoms with Gasteiger partial charge in [0, 0.05) is 13.1 Å². The van der Waals surface area contributed by atoms with Gasteiger partial charge < -0.3 is 15.4 Å². The summed E-state index contributed by atoms with van der Waals surface area (Å²) >= 11 is 0. The summed E-state index contributed by atoms with van der Waals surface area (Å²) in [5, 5.41) is 0. The summed E-state index contributed by atoms with van der Waals surface area (Å²) in [6, 6.07) is 5.41. The number of nitrogens with two attached hydrogens (primary N) is 1. The summed E-state index contributed by atoms with van der Waals surface area (Å²) in [4.78, 5) is 14.1. The van der Waals surface area contributed by atoms with Crippen LogP contribution in [-0.4, -0.2) is 26.2 Å². The molecule has 1 aromatic carbocycles. The normalized spacial score (nSPS) is 23.2. The van der Waals surface area contributed by atoms with Crippen LogP contribution in [0.3, 0.4) is 0 Å². The number of piperidine rings is 1. The molecule has 1 aromatic rings. The highest BCUT2D eigenvalue weighted by atomic mass is 16.5. The van der Waals surface area contributed by atoms with E-state index in [4.69, 9.17) is 10.5 Å². The highest BCUT2D eigenvalue weighted by Crippen LogP contribution is 2.33. The van der Waals surface area contributed by atoms with Gasteiger partial charge in [0.25, 0.3) is 0 Å². The second-order valence-corrected chi connectivity index (χ2v) is 5.59. The van der Waals surface area contributed by atoms with Crippen LogP contribution in [-0.2, 0) is 4.74 Å². The molecular weight excluding hydrogens is 240 g/mol. The molecule has 19 heavy (non-hydrogen) atoms. The van der Waals surface area contributed by atoms with E-state index in [0.717, 1.165) is 18.8 Å². The number of esters is 1. The van der Waals surface area contributed by atoms with Gasteiger partial charge in [-0.05, 0) is 30.4 Å². The Labute approximate surface area is 114 Å². The fraction of sp³-hybridized carbons (Fsp3) is 0.533. The lowest BCUT2D eigenvalue weighted by Gasteiger charge is -2.37. The van der Waals surface area contributed by atoms with Gasteiger partial charge in [-0.2, -0.15) is 0 Å². The largest absolute Gasteiger partial charge is 0.465 e. The first kappa shape index (κ1) is 13.7. The molecule has 2 rings (SSSR count). The lowest BCUT2D eigenvalue weighted by Crippen LogP contribution is -2.39. The highest BCUT2D eigenvalue weighted by molar-refractivity contribution is 5.99. The van der Waals surface area contributed by atoms with Crippen molar-refractivity contribution in [2.75, 3.05) is 30.8 Å². The summed E-state index contributed by atoms with van der Waals surface area (Å²) in [6.45, 7) is 6.34. The fourth-order valence-corrected chi connectivity index (χ4v) is 3.03. The number of para-hydroxylation sites is 1. The van der Waals surface area contributed by atoms with E-state index in [1.54, 1.807) is 12.1 Å². The summed E-state index contributed by atoms with van der Waals surface area (Å²) in [6.07, 6.45) is 1.22. The summed E-state index contributed by atoms with van der Waals surface area (Å²) in [5.74, 6) is 0.885. The third-order valence-corrected chi connectivity index (χ3v) is 3.66. The quantitative estimate of drug-likeness (QED) is 0.657. The number of rotatable bonds is 2. The molecule has 104 valence electrons. The van der Waals surface area contributed by atoms with Gasteiger partial charge in [-0.25, -0.2) is 4.79 Å². The standard InChI is InChI=1S/C15H22N2O2/c1-10-7-11(2)9-17(8-10)14-12(15(18)19-3)5-4-6-13(14)16/h4-6,10-11H,7-9,16H2,1-3H3. The van der Waals surface area contributed by atoms with Crippen LogP contribution in [0.4, 0.5) is 11.4 Å². The van der Waals surface area contributed by atoms with E-state index >= 15 is 0 Å².